The molecule has 0 heterocycles. The van der Waals surface area contributed by atoms with E-state index in [-0.39, 0.29) is 0 Å². The third-order valence-electron chi connectivity index (χ3n) is 2.49. The Kier molecular flexibility index (Phi) is 5.19. The number of aliphatic hydroxyl groups excluding tert-OH is 1. The molecular formula is C11H18N2O4. The highest BCUT2D eigenvalue weighted by atomic mass is 16.5. The number of Topliss-reactive ketones (excluding diaryl/α,β-unsaturated/α-hetero) is 1. The predicted molar refractivity (Wildman–Crippen MR) is 60.3 cm³/mol. The lowest BCUT2D eigenvalue weighted by Gasteiger charge is -2.29. The summed E-state index contributed by atoms with van der Waals surface area (Å²) in [5.41, 5.74) is 7.39. The molecule has 0 radical (unpaired) electrons. The van der Waals surface area contributed by atoms with Crippen LogP contribution in [0.25, 0.3) is 5.53 Å². The monoisotopic (exact) mass is 242 g/mol. The maximum Gasteiger partial charge on any atom is 0.441 e. The van der Waals surface area contributed by atoms with Gasteiger partial charge in [-0.3, -0.25) is 4.79 Å². The minimum atomic E-state index is -1.02. The first-order valence-corrected chi connectivity index (χ1v) is 5.19. The molecule has 0 fully saturated rings. The zero-order chi connectivity index (χ0) is 13.8. The molecule has 1 N–H and O–H groups in total. The summed E-state index contributed by atoms with van der Waals surface area (Å²) in [5, 5.41) is 9.91. The van der Waals surface area contributed by atoms with Gasteiger partial charge in [-0.15, -0.1) is 0 Å². The number of methoxy groups -OCH3 is 1. The van der Waals surface area contributed by atoms with Crippen molar-refractivity contribution in [3.05, 3.63) is 5.53 Å². The van der Waals surface area contributed by atoms with Gasteiger partial charge in [0.1, 0.15) is 0 Å². The topological polar surface area (TPSA) is 100 Å². The summed E-state index contributed by atoms with van der Waals surface area (Å²) in [4.78, 5) is 25.6. The van der Waals surface area contributed by atoms with Crippen molar-refractivity contribution in [2.45, 2.75) is 33.8 Å². The minimum Gasteiger partial charge on any atom is -0.460 e. The molecule has 0 aromatic heterocycles. The molecule has 0 aliphatic heterocycles. The van der Waals surface area contributed by atoms with Crippen LogP contribution < -0.4 is 0 Å². The molecule has 2 atom stereocenters. The van der Waals surface area contributed by atoms with Gasteiger partial charge in [-0.05, 0) is 5.41 Å². The Hall–Kier alpha value is -1.52. The first kappa shape index (κ1) is 15.5. The van der Waals surface area contributed by atoms with Crippen molar-refractivity contribution in [3.8, 4) is 0 Å². The van der Waals surface area contributed by atoms with E-state index in [1.54, 1.807) is 20.8 Å². The van der Waals surface area contributed by atoms with E-state index in [1.165, 1.54) is 6.92 Å². The van der Waals surface area contributed by atoms with Crippen molar-refractivity contribution in [3.63, 3.8) is 0 Å². The van der Waals surface area contributed by atoms with Crippen molar-refractivity contribution in [1.82, 2.24) is 0 Å². The van der Waals surface area contributed by atoms with Crippen molar-refractivity contribution >= 4 is 17.5 Å². The Bertz CT molecular complexity index is 364. The quantitative estimate of drug-likeness (QED) is 0.254. The third-order valence-corrected chi connectivity index (χ3v) is 2.49. The molecule has 0 rings (SSSR count). The molecule has 0 saturated heterocycles. The SMILES string of the molecule is COC(=O)C(=[N+]=[N-])C(=O)C(C)C(O)C(C)(C)C. The Labute approximate surface area is 100 Å². The lowest BCUT2D eigenvalue weighted by molar-refractivity contribution is -0.141. The summed E-state index contributed by atoms with van der Waals surface area (Å²) < 4.78 is 4.31. The van der Waals surface area contributed by atoms with Gasteiger partial charge in [-0.2, -0.15) is 4.79 Å². The number of ketones is 1. The highest BCUT2D eigenvalue weighted by Crippen LogP contribution is 2.25. The van der Waals surface area contributed by atoms with Gasteiger partial charge in [0.2, 0.25) is 0 Å². The molecule has 0 bridgehead atoms. The van der Waals surface area contributed by atoms with Gasteiger partial charge in [-0.25, -0.2) is 4.79 Å². The van der Waals surface area contributed by atoms with E-state index < -0.39 is 34.9 Å². The van der Waals surface area contributed by atoms with Crippen molar-refractivity contribution in [2.24, 2.45) is 11.3 Å². The van der Waals surface area contributed by atoms with E-state index in [0.29, 0.717) is 0 Å². The average Bonchev–Trinajstić information content (AvgIpc) is 2.26. The zero-order valence-corrected chi connectivity index (χ0v) is 10.7. The first-order chi connectivity index (χ1) is 7.66. The van der Waals surface area contributed by atoms with Crippen molar-refractivity contribution < 1.29 is 24.2 Å². The third kappa shape index (κ3) is 3.76. The summed E-state index contributed by atoms with van der Waals surface area (Å²) in [7, 11) is 1.08. The van der Waals surface area contributed by atoms with Crippen LogP contribution in [-0.2, 0) is 14.3 Å². The minimum absolute atomic E-state index is 0.522. The van der Waals surface area contributed by atoms with Crippen molar-refractivity contribution in [2.75, 3.05) is 7.11 Å². The van der Waals surface area contributed by atoms with Gasteiger partial charge >= 0.3 is 11.7 Å². The van der Waals surface area contributed by atoms with Crippen LogP contribution in [-0.4, -0.2) is 40.6 Å². The number of ether oxygens (including phenoxy) is 1. The van der Waals surface area contributed by atoms with E-state index in [4.69, 9.17) is 5.53 Å². The van der Waals surface area contributed by atoms with Gasteiger partial charge in [0, 0.05) is 0 Å². The predicted octanol–water partition coefficient (Wildman–Crippen LogP) is 0.442. The summed E-state index contributed by atoms with van der Waals surface area (Å²) in [6, 6.07) is 0. The second kappa shape index (κ2) is 5.70. The number of esters is 1. The summed E-state index contributed by atoms with van der Waals surface area (Å²) in [5.74, 6) is -2.63. The average molecular weight is 242 g/mol. The normalized spacial score (nSPS) is 14.5. The van der Waals surface area contributed by atoms with Crippen molar-refractivity contribution in [1.29, 1.82) is 0 Å². The molecular weight excluding hydrogens is 224 g/mol. The van der Waals surface area contributed by atoms with Gasteiger partial charge < -0.3 is 15.4 Å². The molecule has 17 heavy (non-hydrogen) atoms. The number of aliphatic hydroxyl groups is 1. The van der Waals surface area contributed by atoms with E-state index >= 15 is 0 Å². The van der Waals surface area contributed by atoms with Crippen LogP contribution in [0, 0.1) is 11.3 Å². The number of carbonyl (C=O) groups excluding carboxylic acids is 2. The Balaban J connectivity index is 5.07. The fraction of sp³-hybridized carbons (Fsp3) is 0.727. The smallest absolute Gasteiger partial charge is 0.441 e. The number of carbonyl (C=O) groups is 2. The van der Waals surface area contributed by atoms with E-state index in [0.717, 1.165) is 7.11 Å². The summed E-state index contributed by atoms with van der Waals surface area (Å²) >= 11 is 0. The first-order valence-electron chi connectivity index (χ1n) is 5.19. The summed E-state index contributed by atoms with van der Waals surface area (Å²) in [6.45, 7) is 6.74. The van der Waals surface area contributed by atoms with Crippen LogP contribution in [0.5, 0.6) is 0 Å². The highest BCUT2D eigenvalue weighted by molar-refractivity contribution is 6.62. The van der Waals surface area contributed by atoms with Gasteiger partial charge in [0.05, 0.1) is 19.1 Å². The largest absolute Gasteiger partial charge is 0.460 e. The zero-order valence-electron chi connectivity index (χ0n) is 10.7. The molecule has 0 saturated carbocycles. The molecule has 0 aromatic carbocycles. The Morgan fingerprint density at radius 3 is 2.12 bits per heavy atom. The Morgan fingerprint density at radius 2 is 1.82 bits per heavy atom. The molecule has 0 amide bonds. The lowest BCUT2D eigenvalue weighted by atomic mass is 9.79. The standard InChI is InChI=1S/C11H18N2O4/c1-6(9(15)11(2,3)4)8(14)7(13-12)10(16)17-5/h6,9,15H,1-5H3. The van der Waals surface area contributed by atoms with Gasteiger partial charge in [0.25, 0.3) is 5.78 Å². The second-order valence-corrected chi connectivity index (χ2v) is 4.90. The molecule has 6 nitrogen and oxygen atoms in total. The molecule has 0 spiro atoms. The summed E-state index contributed by atoms with van der Waals surface area (Å²) in [6.07, 6.45) is -0.962. The molecule has 0 aliphatic carbocycles. The van der Waals surface area contributed by atoms with Crippen LogP contribution in [0.4, 0.5) is 0 Å². The van der Waals surface area contributed by atoms with Crippen LogP contribution in [0.2, 0.25) is 0 Å². The molecule has 96 valence electrons. The van der Waals surface area contributed by atoms with Crippen LogP contribution >= 0.6 is 0 Å². The fourth-order valence-electron chi connectivity index (χ4n) is 1.40. The number of rotatable bonds is 4. The van der Waals surface area contributed by atoms with E-state index in [1.807, 2.05) is 0 Å². The van der Waals surface area contributed by atoms with Gasteiger partial charge in [-0.1, -0.05) is 27.7 Å². The lowest BCUT2D eigenvalue weighted by Crippen LogP contribution is -2.41. The molecule has 0 aliphatic rings. The van der Waals surface area contributed by atoms with Crippen LogP contribution in [0.1, 0.15) is 27.7 Å². The highest BCUT2D eigenvalue weighted by Gasteiger charge is 2.40. The maximum atomic E-state index is 11.8. The number of nitrogens with zero attached hydrogens (tertiary/aromatic N) is 2. The molecule has 0 aromatic rings. The van der Waals surface area contributed by atoms with Crippen LogP contribution in [0.3, 0.4) is 0 Å². The molecule has 6 heteroatoms. The van der Waals surface area contributed by atoms with E-state index in [2.05, 4.69) is 9.53 Å². The van der Waals surface area contributed by atoms with Gasteiger partial charge in [0.15, 0.2) is 0 Å². The van der Waals surface area contributed by atoms with E-state index in [9.17, 15) is 14.7 Å². The fourth-order valence-corrected chi connectivity index (χ4v) is 1.40. The second-order valence-electron chi connectivity index (χ2n) is 4.90. The molecule has 2 unspecified atom stereocenters. The number of hydrogen-bond acceptors (Lipinski definition) is 4. The number of hydrogen-bond donors (Lipinski definition) is 1. The Morgan fingerprint density at radius 1 is 1.35 bits per heavy atom. The maximum absolute atomic E-state index is 11.8. The van der Waals surface area contributed by atoms with Crippen LogP contribution in [0.15, 0.2) is 0 Å².